The van der Waals surface area contributed by atoms with Gasteiger partial charge < -0.3 is 20.4 Å². The highest BCUT2D eigenvalue weighted by Crippen LogP contribution is 2.44. The van der Waals surface area contributed by atoms with E-state index in [0.29, 0.717) is 17.7 Å². The van der Waals surface area contributed by atoms with Gasteiger partial charge in [0.2, 0.25) is 5.95 Å². The zero-order valence-corrected chi connectivity index (χ0v) is 19.4. The van der Waals surface area contributed by atoms with Crippen LogP contribution in [0.25, 0.3) is 10.1 Å². The number of amides is 1. The monoisotopic (exact) mass is 451 g/mol. The lowest BCUT2D eigenvalue weighted by molar-refractivity contribution is 0.0831. The minimum atomic E-state index is 0.0782. The summed E-state index contributed by atoms with van der Waals surface area (Å²) >= 11 is 1.56. The maximum absolute atomic E-state index is 12.9. The standard InChI is InChI=1S/C23H29N7OS/c1-29(2)22(31)21-20(15-5-3-4-6-15)17-11-19(25-14-18(17)32-21)28-23-26-12-16(13-27-23)30-9-7-24-8-10-30/h11-15,24H,3-10H2,1-2H3,(H,25,26,27,28). The van der Waals surface area contributed by atoms with Crippen molar-refractivity contribution in [2.24, 2.45) is 0 Å². The Morgan fingerprint density at radius 2 is 1.84 bits per heavy atom. The summed E-state index contributed by atoms with van der Waals surface area (Å²) in [6, 6.07) is 2.06. The molecule has 168 valence electrons. The molecule has 1 saturated heterocycles. The van der Waals surface area contributed by atoms with Crippen molar-refractivity contribution in [3.8, 4) is 0 Å². The molecule has 9 heteroatoms. The van der Waals surface area contributed by atoms with Gasteiger partial charge in [-0.15, -0.1) is 11.3 Å². The highest BCUT2D eigenvalue weighted by Gasteiger charge is 2.28. The lowest BCUT2D eigenvalue weighted by Crippen LogP contribution is -2.43. The van der Waals surface area contributed by atoms with E-state index in [0.717, 1.165) is 59.7 Å². The summed E-state index contributed by atoms with van der Waals surface area (Å²) in [5, 5.41) is 7.73. The van der Waals surface area contributed by atoms with Crippen molar-refractivity contribution in [3.05, 3.63) is 35.1 Å². The first-order valence-electron chi connectivity index (χ1n) is 11.3. The Kier molecular flexibility index (Phi) is 5.93. The molecule has 8 nitrogen and oxygen atoms in total. The second-order valence-electron chi connectivity index (χ2n) is 8.72. The van der Waals surface area contributed by atoms with E-state index in [4.69, 9.17) is 0 Å². The Bertz CT molecular complexity index is 1100. The van der Waals surface area contributed by atoms with Crippen LogP contribution in [0.1, 0.15) is 46.8 Å². The predicted molar refractivity (Wildman–Crippen MR) is 129 cm³/mol. The number of hydrogen-bond donors (Lipinski definition) is 2. The molecule has 1 aliphatic carbocycles. The maximum atomic E-state index is 12.9. The van der Waals surface area contributed by atoms with Crippen molar-refractivity contribution < 1.29 is 4.79 Å². The molecule has 0 spiro atoms. The molecule has 4 heterocycles. The second kappa shape index (κ2) is 8.99. The summed E-state index contributed by atoms with van der Waals surface area (Å²) in [7, 11) is 3.63. The number of pyridine rings is 1. The largest absolute Gasteiger partial charge is 0.366 e. The average Bonchev–Trinajstić information content (AvgIpc) is 3.47. The van der Waals surface area contributed by atoms with Gasteiger partial charge >= 0.3 is 0 Å². The van der Waals surface area contributed by atoms with Crippen molar-refractivity contribution in [2.75, 3.05) is 50.5 Å². The van der Waals surface area contributed by atoms with Crippen molar-refractivity contribution in [1.82, 2.24) is 25.2 Å². The molecule has 32 heavy (non-hydrogen) atoms. The summed E-state index contributed by atoms with van der Waals surface area (Å²) in [4.78, 5) is 31.3. The van der Waals surface area contributed by atoms with Crippen molar-refractivity contribution in [3.63, 3.8) is 0 Å². The Balaban J connectivity index is 1.43. The number of carbonyl (C=O) groups excluding carboxylic acids is 1. The third kappa shape index (κ3) is 4.14. The SMILES string of the molecule is CN(C)C(=O)c1sc2cnc(Nc3ncc(N4CCNCC4)cn3)cc2c1C1CCCC1. The third-order valence-corrected chi connectivity index (χ3v) is 7.48. The van der Waals surface area contributed by atoms with Gasteiger partial charge in [-0.3, -0.25) is 4.79 Å². The maximum Gasteiger partial charge on any atom is 0.263 e. The molecule has 1 amide bonds. The zero-order chi connectivity index (χ0) is 22.1. The molecule has 0 aromatic carbocycles. The van der Waals surface area contributed by atoms with Gasteiger partial charge in [0.15, 0.2) is 0 Å². The van der Waals surface area contributed by atoms with E-state index in [-0.39, 0.29) is 5.91 Å². The number of aromatic nitrogens is 3. The summed E-state index contributed by atoms with van der Waals surface area (Å²) in [5.41, 5.74) is 2.23. The summed E-state index contributed by atoms with van der Waals surface area (Å²) in [6.45, 7) is 3.88. The molecule has 1 saturated carbocycles. The zero-order valence-electron chi connectivity index (χ0n) is 18.6. The minimum Gasteiger partial charge on any atom is -0.366 e. The average molecular weight is 452 g/mol. The minimum absolute atomic E-state index is 0.0782. The molecule has 0 radical (unpaired) electrons. The molecule has 1 aliphatic heterocycles. The lowest BCUT2D eigenvalue weighted by Gasteiger charge is -2.28. The van der Waals surface area contributed by atoms with Gasteiger partial charge in [-0.2, -0.15) is 0 Å². The Labute approximate surface area is 192 Å². The van der Waals surface area contributed by atoms with Gasteiger partial charge in [-0.1, -0.05) is 12.8 Å². The van der Waals surface area contributed by atoms with Crippen LogP contribution in [0.3, 0.4) is 0 Å². The Hall–Kier alpha value is -2.78. The highest BCUT2D eigenvalue weighted by molar-refractivity contribution is 7.21. The van der Waals surface area contributed by atoms with E-state index >= 15 is 0 Å². The van der Waals surface area contributed by atoms with Crippen LogP contribution >= 0.6 is 11.3 Å². The molecule has 2 N–H and O–H groups in total. The Morgan fingerprint density at radius 3 is 2.53 bits per heavy atom. The van der Waals surface area contributed by atoms with Gasteiger partial charge in [0.1, 0.15) is 5.82 Å². The predicted octanol–water partition coefficient (Wildman–Crippen LogP) is 3.60. The van der Waals surface area contributed by atoms with E-state index < -0.39 is 0 Å². The van der Waals surface area contributed by atoms with Crippen LogP contribution in [-0.2, 0) is 0 Å². The van der Waals surface area contributed by atoms with E-state index in [1.54, 1.807) is 16.2 Å². The number of anilines is 3. The van der Waals surface area contributed by atoms with Crippen LogP contribution < -0.4 is 15.5 Å². The molecular weight excluding hydrogens is 422 g/mol. The molecular formula is C23H29N7OS. The number of piperazine rings is 1. The van der Waals surface area contributed by atoms with E-state index in [2.05, 4.69) is 36.6 Å². The first-order chi connectivity index (χ1) is 15.6. The van der Waals surface area contributed by atoms with Crippen molar-refractivity contribution >= 4 is 44.8 Å². The van der Waals surface area contributed by atoms with Gasteiger partial charge in [-0.25, -0.2) is 15.0 Å². The molecule has 2 aliphatic rings. The number of rotatable bonds is 5. The molecule has 3 aromatic rings. The topological polar surface area (TPSA) is 86.3 Å². The normalized spacial score (nSPS) is 17.1. The van der Waals surface area contributed by atoms with Crippen molar-refractivity contribution in [2.45, 2.75) is 31.6 Å². The van der Waals surface area contributed by atoms with Crippen LogP contribution in [0, 0.1) is 0 Å². The van der Waals surface area contributed by atoms with Crippen LogP contribution in [0.5, 0.6) is 0 Å². The molecule has 5 rings (SSSR count). The first kappa shape index (κ1) is 21.1. The smallest absolute Gasteiger partial charge is 0.263 e. The van der Waals surface area contributed by atoms with Crippen LogP contribution in [0.2, 0.25) is 0 Å². The van der Waals surface area contributed by atoms with Gasteiger partial charge in [-0.05, 0) is 30.4 Å². The fourth-order valence-corrected chi connectivity index (χ4v) is 5.92. The number of carbonyl (C=O) groups is 1. The number of thiophene rings is 1. The fraction of sp³-hybridized carbons (Fsp3) is 0.478. The quantitative estimate of drug-likeness (QED) is 0.613. The second-order valence-corrected chi connectivity index (χ2v) is 9.77. The molecule has 2 fully saturated rings. The third-order valence-electron chi connectivity index (χ3n) is 6.34. The van der Waals surface area contributed by atoms with E-state index in [1.807, 2.05) is 32.7 Å². The van der Waals surface area contributed by atoms with Gasteiger partial charge in [0.25, 0.3) is 5.91 Å². The van der Waals surface area contributed by atoms with E-state index in [1.165, 1.54) is 18.4 Å². The summed E-state index contributed by atoms with van der Waals surface area (Å²) in [5.74, 6) is 1.74. The number of hydrogen-bond acceptors (Lipinski definition) is 8. The molecule has 0 atom stereocenters. The number of nitrogens with zero attached hydrogens (tertiary/aromatic N) is 5. The van der Waals surface area contributed by atoms with Crippen LogP contribution in [-0.4, -0.2) is 66.0 Å². The number of nitrogens with one attached hydrogen (secondary N) is 2. The van der Waals surface area contributed by atoms with Crippen molar-refractivity contribution in [1.29, 1.82) is 0 Å². The van der Waals surface area contributed by atoms with Crippen LogP contribution in [0.15, 0.2) is 24.7 Å². The highest BCUT2D eigenvalue weighted by atomic mass is 32.1. The summed E-state index contributed by atoms with van der Waals surface area (Å²) in [6.07, 6.45) is 10.3. The Morgan fingerprint density at radius 1 is 1.12 bits per heavy atom. The van der Waals surface area contributed by atoms with E-state index in [9.17, 15) is 4.79 Å². The van der Waals surface area contributed by atoms with Crippen LogP contribution in [0.4, 0.5) is 17.5 Å². The summed E-state index contributed by atoms with van der Waals surface area (Å²) < 4.78 is 1.05. The first-order valence-corrected chi connectivity index (χ1v) is 12.1. The fourth-order valence-electron chi connectivity index (χ4n) is 4.66. The lowest BCUT2D eigenvalue weighted by atomic mass is 9.94. The molecule has 3 aromatic heterocycles. The van der Waals surface area contributed by atoms with Gasteiger partial charge in [0, 0.05) is 51.9 Å². The number of fused-ring (bicyclic) bond motifs is 1. The molecule has 0 bridgehead atoms. The molecule has 0 unspecified atom stereocenters. The van der Waals surface area contributed by atoms with Gasteiger partial charge in [0.05, 0.1) is 27.7 Å².